The molecule has 4 nitrogen and oxygen atoms in total. The van der Waals surface area contributed by atoms with Gasteiger partial charge in [-0.2, -0.15) is 0 Å². The molecule has 5 atom stereocenters. The van der Waals surface area contributed by atoms with Gasteiger partial charge in [-0.15, -0.1) is 0 Å². The van der Waals surface area contributed by atoms with Crippen molar-refractivity contribution in [1.29, 1.82) is 0 Å². The van der Waals surface area contributed by atoms with Crippen molar-refractivity contribution in [2.45, 2.75) is 6.04 Å². The van der Waals surface area contributed by atoms with E-state index in [4.69, 9.17) is 11.0 Å². The number of carboxylic acids is 1. The molecule has 0 saturated heterocycles. The first-order valence-electron chi connectivity index (χ1n) is 2.93. The number of carbonyl (C=O) groups is 1. The molecule has 0 bridgehead atoms. The zero-order valence-electron chi connectivity index (χ0n) is 6.07. The third kappa shape index (κ3) is 4.49. The van der Waals surface area contributed by atoms with E-state index in [1.54, 1.807) is 0 Å². The topological polar surface area (TPSA) is 58.6 Å². The number of carboxylic acid groups (broad SMARTS) is 1. The maximum atomic E-state index is 10.4. The Morgan fingerprint density at radius 2 is 2.70 bits per heavy atom. The van der Waals surface area contributed by atoms with E-state index in [9.17, 15) is 4.79 Å². The minimum atomic E-state index is -1.09. The lowest BCUT2D eigenvalue weighted by atomic mass is 10.3. The molecule has 0 rings (SSSR count). The summed E-state index contributed by atoms with van der Waals surface area (Å²) in [4.78, 5) is 10.4. The first-order chi connectivity index (χ1) is 5.13. The lowest BCUT2D eigenvalue weighted by Crippen LogP contribution is -2.33. The lowest BCUT2D eigenvalue weighted by molar-refractivity contribution is -0.139. The van der Waals surface area contributed by atoms with Crippen LogP contribution in [0.1, 0.15) is 1.37 Å². The fourth-order valence-electron chi connectivity index (χ4n) is 0.276. The molecule has 7 heteroatoms. The zero-order valence-corrected chi connectivity index (χ0v) is 8.38. The molecule has 0 aliphatic carbocycles. The molecule has 0 fully saturated rings. The molecule has 0 radical (unpaired) electrons. The van der Waals surface area contributed by atoms with Gasteiger partial charge in [0.1, 0.15) is 6.04 Å². The molecular weight excluding hydrogens is 191 g/mol. The highest BCUT2D eigenvalue weighted by Crippen LogP contribution is 2.20. The summed E-state index contributed by atoms with van der Waals surface area (Å²) in [6.07, 6.45) is 0. The molecule has 0 aliphatic rings. The Kier molecular flexibility index (Phi) is 5.61. The van der Waals surface area contributed by atoms with Gasteiger partial charge in [-0.05, 0) is 0 Å². The van der Waals surface area contributed by atoms with Crippen LogP contribution in [-0.2, 0) is 9.32 Å². The molecule has 2 N–H and O–H groups in total. The second kappa shape index (κ2) is 6.39. The summed E-state index contributed by atoms with van der Waals surface area (Å²) in [5, 5.41) is 10.9. The van der Waals surface area contributed by atoms with Crippen molar-refractivity contribution < 1.29 is 15.8 Å². The number of rotatable bonds is 5. The highest BCUT2D eigenvalue weighted by Gasteiger charge is 2.13. The van der Waals surface area contributed by atoms with Gasteiger partial charge in [-0.3, -0.25) is 9.88 Å². The number of nitrogens with one attached hydrogen (secondary N) is 1. The van der Waals surface area contributed by atoms with Crippen molar-refractivity contribution in [2.24, 2.45) is 0 Å². The first kappa shape index (κ1) is 8.77. The Balaban J connectivity index is 3.91. The molecule has 0 aromatic carbocycles. The SMILES string of the molecule is [2H][C@H](OPP)C(NP)C(=O)O. The molecule has 0 saturated carbocycles. The van der Waals surface area contributed by atoms with E-state index in [2.05, 4.69) is 14.0 Å². The monoisotopic (exact) mass is 202 g/mol. The van der Waals surface area contributed by atoms with E-state index in [1.807, 2.05) is 9.39 Å². The van der Waals surface area contributed by atoms with E-state index < -0.39 is 18.6 Å². The number of hydrogen-bond donors (Lipinski definition) is 2. The highest BCUT2D eigenvalue weighted by molar-refractivity contribution is 8.00. The average Bonchev–Trinajstić information content (AvgIpc) is 1.88. The van der Waals surface area contributed by atoms with Gasteiger partial charge in [-0.1, -0.05) is 18.3 Å². The van der Waals surface area contributed by atoms with Crippen LogP contribution in [0.5, 0.6) is 0 Å². The summed E-state index contributed by atoms with van der Waals surface area (Å²) in [6.45, 7) is -1.07. The van der Waals surface area contributed by atoms with E-state index in [1.165, 1.54) is 0 Å². The van der Waals surface area contributed by atoms with Crippen LogP contribution < -0.4 is 5.09 Å². The van der Waals surface area contributed by atoms with Crippen molar-refractivity contribution in [1.82, 2.24) is 5.09 Å². The van der Waals surface area contributed by atoms with Gasteiger partial charge < -0.3 is 9.63 Å². The Labute approximate surface area is 67.1 Å². The molecule has 0 spiro atoms. The van der Waals surface area contributed by atoms with Gasteiger partial charge >= 0.3 is 5.97 Å². The Morgan fingerprint density at radius 3 is 3.00 bits per heavy atom. The van der Waals surface area contributed by atoms with Crippen LogP contribution in [0.2, 0.25) is 0 Å². The lowest BCUT2D eigenvalue weighted by Gasteiger charge is -2.08. The van der Waals surface area contributed by atoms with E-state index in [0.29, 0.717) is 0 Å². The van der Waals surface area contributed by atoms with Crippen LogP contribution in [0.15, 0.2) is 0 Å². The molecular formula is C3H10NO3P3. The Hall–Kier alpha value is 0.680. The van der Waals surface area contributed by atoms with Gasteiger partial charge in [0.05, 0.1) is 7.95 Å². The molecule has 10 heavy (non-hydrogen) atoms. The molecule has 0 aliphatic heterocycles. The largest absolute Gasteiger partial charge is 0.480 e. The van der Waals surface area contributed by atoms with Crippen molar-refractivity contribution in [3.05, 3.63) is 0 Å². The van der Waals surface area contributed by atoms with E-state index in [0.717, 1.165) is 0 Å². The summed E-state index contributed by atoms with van der Waals surface area (Å²) in [7, 11) is 4.37. The summed E-state index contributed by atoms with van der Waals surface area (Å²) in [6, 6.07) is -0.993. The maximum Gasteiger partial charge on any atom is 0.323 e. The van der Waals surface area contributed by atoms with Crippen molar-refractivity contribution >= 4 is 32.8 Å². The van der Waals surface area contributed by atoms with Gasteiger partial charge in [0.25, 0.3) is 0 Å². The summed E-state index contributed by atoms with van der Waals surface area (Å²) in [5.41, 5.74) is 0. The fourth-order valence-corrected chi connectivity index (χ4v) is 0.948. The van der Waals surface area contributed by atoms with Gasteiger partial charge in [-0.25, -0.2) is 0 Å². The second-order valence-corrected chi connectivity index (χ2v) is 2.87. The van der Waals surface area contributed by atoms with Crippen LogP contribution in [0.3, 0.4) is 0 Å². The van der Waals surface area contributed by atoms with Gasteiger partial charge in [0, 0.05) is 8.50 Å². The molecule has 0 aromatic heterocycles. The average molecular weight is 202 g/mol. The Bertz CT molecular complexity index is 137. The van der Waals surface area contributed by atoms with Crippen molar-refractivity contribution in [3.63, 3.8) is 0 Å². The van der Waals surface area contributed by atoms with Crippen molar-refractivity contribution in [2.75, 3.05) is 6.58 Å². The van der Waals surface area contributed by atoms with Gasteiger partial charge in [0.2, 0.25) is 0 Å². The van der Waals surface area contributed by atoms with Crippen LogP contribution in [0, 0.1) is 0 Å². The molecule has 0 heterocycles. The normalized spacial score (nSPS) is 18.8. The maximum absolute atomic E-state index is 10.4. The fraction of sp³-hybridized carbons (Fsp3) is 0.667. The summed E-state index contributed by atoms with van der Waals surface area (Å²) >= 11 is 0. The molecule has 0 aromatic rings. The van der Waals surface area contributed by atoms with Crippen LogP contribution in [-0.4, -0.2) is 23.7 Å². The standard InChI is InChI=1S/C3H10NO3P3/c5-3(6)2(4-8)1-7-10-9/h2,4,10H,1,8-9H2,(H,5,6)/i1D/t1-,2?/m0/s1. The minimum absolute atomic E-state index is 0.0432. The summed E-state index contributed by atoms with van der Waals surface area (Å²) in [5.74, 6) is -1.09. The highest BCUT2D eigenvalue weighted by atomic mass is 32.0. The second-order valence-electron chi connectivity index (χ2n) is 1.35. The molecule has 60 valence electrons. The van der Waals surface area contributed by atoms with Crippen molar-refractivity contribution in [3.8, 4) is 0 Å². The van der Waals surface area contributed by atoms with Crippen LogP contribution in [0.25, 0.3) is 0 Å². The van der Waals surface area contributed by atoms with Crippen LogP contribution in [0.4, 0.5) is 0 Å². The first-order valence-corrected chi connectivity index (χ1v) is 5.65. The predicted octanol–water partition coefficient (Wildman–Crippen LogP) is 0.219. The predicted molar refractivity (Wildman–Crippen MR) is 48.2 cm³/mol. The number of hydrogen-bond acceptors (Lipinski definition) is 3. The van der Waals surface area contributed by atoms with Crippen LogP contribution >= 0.6 is 26.8 Å². The number of aliphatic carboxylic acids is 1. The van der Waals surface area contributed by atoms with E-state index in [-0.39, 0.29) is 8.50 Å². The minimum Gasteiger partial charge on any atom is -0.480 e. The third-order valence-corrected chi connectivity index (χ3v) is 1.76. The van der Waals surface area contributed by atoms with E-state index >= 15 is 0 Å². The molecule has 4 unspecified atom stereocenters. The molecule has 0 amide bonds. The van der Waals surface area contributed by atoms with Gasteiger partial charge in [0.15, 0.2) is 0 Å². The Morgan fingerprint density at radius 1 is 2.10 bits per heavy atom. The zero-order chi connectivity index (χ0) is 8.85. The smallest absolute Gasteiger partial charge is 0.323 e. The third-order valence-electron chi connectivity index (χ3n) is 0.718. The quantitative estimate of drug-likeness (QED) is 0.626. The summed E-state index contributed by atoms with van der Waals surface area (Å²) < 4.78 is 11.9.